The van der Waals surface area contributed by atoms with Crippen LogP contribution in [-0.2, 0) is 16.7 Å². The molecule has 0 amide bonds. The number of ether oxygens (including phenoxy) is 1. The van der Waals surface area contributed by atoms with E-state index in [4.69, 9.17) is 15.0 Å². The molecule has 0 spiro atoms. The Balaban J connectivity index is 1.99. The van der Waals surface area contributed by atoms with Crippen molar-refractivity contribution in [1.29, 1.82) is 0 Å². The van der Waals surface area contributed by atoms with E-state index < -0.39 is 5.54 Å². The van der Waals surface area contributed by atoms with Gasteiger partial charge < -0.3 is 15.0 Å². The average Bonchev–Trinajstić information content (AvgIpc) is 2.89. The summed E-state index contributed by atoms with van der Waals surface area (Å²) in [5.74, 6) is 1.24. The van der Waals surface area contributed by atoms with E-state index in [-0.39, 0.29) is 6.10 Å². The predicted octanol–water partition coefficient (Wildman–Crippen LogP) is 1.77. The van der Waals surface area contributed by atoms with Crippen molar-refractivity contribution in [2.75, 3.05) is 6.61 Å². The summed E-state index contributed by atoms with van der Waals surface area (Å²) in [6, 6.07) is 0. The second-order valence-electron chi connectivity index (χ2n) is 5.02. The standard InChI is InChI=1S/C12H21N3O2/c1-3-6-12(2,13)11-14-10(15-17-11)8-9-5-4-7-16-9/h9H,3-8,13H2,1-2H3/t9-,12-/m1/s1. The lowest BCUT2D eigenvalue weighted by atomic mass is 9.98. The van der Waals surface area contributed by atoms with Gasteiger partial charge in [-0.15, -0.1) is 0 Å². The van der Waals surface area contributed by atoms with Gasteiger partial charge in [0.1, 0.15) is 0 Å². The van der Waals surface area contributed by atoms with Gasteiger partial charge in [-0.3, -0.25) is 0 Å². The fourth-order valence-corrected chi connectivity index (χ4v) is 2.20. The predicted molar refractivity (Wildman–Crippen MR) is 63.4 cm³/mol. The van der Waals surface area contributed by atoms with Gasteiger partial charge in [0.2, 0.25) is 5.89 Å². The quantitative estimate of drug-likeness (QED) is 0.847. The molecular formula is C12H21N3O2. The molecule has 2 rings (SSSR count). The van der Waals surface area contributed by atoms with E-state index in [1.807, 2.05) is 6.92 Å². The molecule has 0 radical (unpaired) electrons. The van der Waals surface area contributed by atoms with Gasteiger partial charge in [0, 0.05) is 13.0 Å². The van der Waals surface area contributed by atoms with Crippen LogP contribution in [0.2, 0.25) is 0 Å². The van der Waals surface area contributed by atoms with E-state index in [2.05, 4.69) is 17.1 Å². The van der Waals surface area contributed by atoms with E-state index in [1.54, 1.807) is 0 Å². The number of nitrogens with zero attached hydrogens (tertiary/aromatic N) is 2. The van der Waals surface area contributed by atoms with Crippen LogP contribution in [-0.4, -0.2) is 22.9 Å². The van der Waals surface area contributed by atoms with Crippen LogP contribution in [0.5, 0.6) is 0 Å². The molecule has 5 nitrogen and oxygen atoms in total. The molecule has 17 heavy (non-hydrogen) atoms. The summed E-state index contributed by atoms with van der Waals surface area (Å²) in [5.41, 5.74) is 5.63. The molecule has 2 heterocycles. The number of hydrogen-bond acceptors (Lipinski definition) is 5. The zero-order valence-corrected chi connectivity index (χ0v) is 10.6. The van der Waals surface area contributed by atoms with Crippen LogP contribution in [0.3, 0.4) is 0 Å². The Morgan fingerprint density at radius 3 is 3.00 bits per heavy atom. The maximum atomic E-state index is 6.14. The Hall–Kier alpha value is -0.940. The number of hydrogen-bond donors (Lipinski definition) is 1. The lowest BCUT2D eigenvalue weighted by Gasteiger charge is -2.18. The van der Waals surface area contributed by atoms with Crippen molar-refractivity contribution in [3.63, 3.8) is 0 Å². The minimum atomic E-state index is -0.517. The van der Waals surface area contributed by atoms with E-state index in [1.165, 1.54) is 0 Å². The van der Waals surface area contributed by atoms with Crippen LogP contribution in [0.1, 0.15) is 51.2 Å². The van der Waals surface area contributed by atoms with Crippen molar-refractivity contribution >= 4 is 0 Å². The smallest absolute Gasteiger partial charge is 0.246 e. The molecule has 1 aromatic heterocycles. The molecule has 2 atom stereocenters. The van der Waals surface area contributed by atoms with Gasteiger partial charge in [-0.05, 0) is 26.2 Å². The molecule has 96 valence electrons. The molecule has 5 heteroatoms. The molecule has 0 aliphatic carbocycles. The van der Waals surface area contributed by atoms with Gasteiger partial charge in [0.25, 0.3) is 0 Å². The minimum Gasteiger partial charge on any atom is -0.378 e. The first-order valence-corrected chi connectivity index (χ1v) is 6.35. The lowest BCUT2D eigenvalue weighted by molar-refractivity contribution is 0.109. The minimum absolute atomic E-state index is 0.246. The Morgan fingerprint density at radius 1 is 1.53 bits per heavy atom. The van der Waals surface area contributed by atoms with Gasteiger partial charge in [-0.1, -0.05) is 18.5 Å². The highest BCUT2D eigenvalue weighted by Gasteiger charge is 2.28. The third kappa shape index (κ3) is 3.04. The summed E-state index contributed by atoms with van der Waals surface area (Å²) in [6.07, 6.45) is 5.02. The Kier molecular flexibility index (Phi) is 3.79. The highest BCUT2D eigenvalue weighted by atomic mass is 16.5. The Bertz CT molecular complexity index is 356. The molecule has 0 aromatic carbocycles. The molecule has 0 unspecified atom stereocenters. The summed E-state index contributed by atoms with van der Waals surface area (Å²) >= 11 is 0. The Labute approximate surface area is 102 Å². The van der Waals surface area contributed by atoms with E-state index in [9.17, 15) is 0 Å². The summed E-state index contributed by atoms with van der Waals surface area (Å²) in [5, 5.41) is 3.98. The van der Waals surface area contributed by atoms with Gasteiger partial charge in [-0.25, -0.2) is 0 Å². The summed E-state index contributed by atoms with van der Waals surface area (Å²) in [4.78, 5) is 4.38. The maximum Gasteiger partial charge on any atom is 0.246 e. The van der Waals surface area contributed by atoms with Crippen molar-refractivity contribution in [2.24, 2.45) is 5.73 Å². The van der Waals surface area contributed by atoms with Crippen molar-refractivity contribution < 1.29 is 9.26 Å². The molecule has 0 saturated carbocycles. The Morgan fingerprint density at radius 2 is 2.35 bits per heavy atom. The largest absolute Gasteiger partial charge is 0.378 e. The van der Waals surface area contributed by atoms with Crippen molar-refractivity contribution in [2.45, 2.75) is 57.6 Å². The van der Waals surface area contributed by atoms with Crippen molar-refractivity contribution in [1.82, 2.24) is 10.1 Å². The van der Waals surface area contributed by atoms with E-state index in [0.717, 1.165) is 38.7 Å². The molecule has 2 N–H and O–H groups in total. The van der Waals surface area contributed by atoms with Crippen LogP contribution in [0, 0.1) is 0 Å². The first-order chi connectivity index (χ1) is 8.12. The summed E-state index contributed by atoms with van der Waals surface area (Å²) < 4.78 is 10.8. The fraction of sp³-hybridized carbons (Fsp3) is 0.833. The monoisotopic (exact) mass is 239 g/mol. The summed E-state index contributed by atoms with van der Waals surface area (Å²) in [6.45, 7) is 4.87. The van der Waals surface area contributed by atoms with Crippen molar-refractivity contribution in [3.8, 4) is 0 Å². The van der Waals surface area contributed by atoms with Crippen LogP contribution in [0.4, 0.5) is 0 Å². The SMILES string of the molecule is CCC[C@@](C)(N)c1nc(C[C@H]2CCCO2)no1. The normalized spacial score (nSPS) is 23.8. The van der Waals surface area contributed by atoms with Gasteiger partial charge >= 0.3 is 0 Å². The van der Waals surface area contributed by atoms with Crippen molar-refractivity contribution in [3.05, 3.63) is 11.7 Å². The molecule has 1 aromatic rings. The van der Waals surface area contributed by atoms with Crippen LogP contribution < -0.4 is 5.73 Å². The third-order valence-corrected chi connectivity index (χ3v) is 3.16. The molecule has 0 bridgehead atoms. The number of nitrogens with two attached hydrogens (primary N) is 1. The third-order valence-electron chi connectivity index (χ3n) is 3.16. The van der Waals surface area contributed by atoms with Gasteiger partial charge in [0.05, 0.1) is 11.6 Å². The van der Waals surface area contributed by atoms with E-state index >= 15 is 0 Å². The fourth-order valence-electron chi connectivity index (χ4n) is 2.20. The maximum absolute atomic E-state index is 6.14. The van der Waals surface area contributed by atoms with Gasteiger partial charge in [-0.2, -0.15) is 4.98 Å². The van der Waals surface area contributed by atoms with Crippen LogP contribution in [0.15, 0.2) is 4.52 Å². The topological polar surface area (TPSA) is 74.2 Å². The van der Waals surface area contributed by atoms with Crippen LogP contribution >= 0.6 is 0 Å². The highest BCUT2D eigenvalue weighted by molar-refractivity contribution is 5.00. The zero-order valence-electron chi connectivity index (χ0n) is 10.6. The molecule has 1 aliphatic rings. The molecular weight excluding hydrogens is 218 g/mol. The second kappa shape index (κ2) is 5.14. The number of rotatable bonds is 5. The lowest BCUT2D eigenvalue weighted by Crippen LogP contribution is -2.33. The van der Waals surface area contributed by atoms with Gasteiger partial charge in [0.15, 0.2) is 5.82 Å². The molecule has 1 saturated heterocycles. The summed E-state index contributed by atoms with van der Waals surface area (Å²) in [7, 11) is 0. The second-order valence-corrected chi connectivity index (χ2v) is 5.02. The van der Waals surface area contributed by atoms with Crippen LogP contribution in [0.25, 0.3) is 0 Å². The first-order valence-electron chi connectivity index (χ1n) is 6.35. The first kappa shape index (κ1) is 12.5. The molecule has 1 fully saturated rings. The average molecular weight is 239 g/mol. The zero-order chi connectivity index (χ0) is 12.3. The highest BCUT2D eigenvalue weighted by Crippen LogP contribution is 2.22. The molecule has 1 aliphatic heterocycles. The van der Waals surface area contributed by atoms with E-state index in [0.29, 0.717) is 11.7 Å². The number of aromatic nitrogens is 2.